The zero-order valence-electron chi connectivity index (χ0n) is 15.6. The molecule has 1 heterocycles. The van der Waals surface area contributed by atoms with Crippen LogP contribution in [0.25, 0.3) is 10.9 Å². The molecule has 0 aliphatic rings. The number of carbonyl (C=O) groups excluding carboxylic acids is 1. The minimum atomic E-state index is -0.206. The zero-order chi connectivity index (χ0) is 20.1. The van der Waals surface area contributed by atoms with Crippen LogP contribution in [0.2, 0.25) is 0 Å². The molecule has 0 aliphatic carbocycles. The topological polar surface area (TPSA) is 67.3 Å². The average Bonchev–Trinajstić information content (AvgIpc) is 2.71. The molecule has 144 valence electrons. The molecule has 1 N–H and O–H groups in total. The Bertz CT molecular complexity index is 1120. The van der Waals surface area contributed by atoms with Gasteiger partial charge in [-0.1, -0.05) is 24.3 Å². The van der Waals surface area contributed by atoms with Crippen molar-refractivity contribution < 1.29 is 9.53 Å². The van der Waals surface area contributed by atoms with E-state index in [1.807, 2.05) is 30.3 Å². The molecule has 0 atom stereocenters. The lowest BCUT2D eigenvalue weighted by atomic mass is 10.1. The van der Waals surface area contributed by atoms with E-state index in [0.29, 0.717) is 40.9 Å². The number of H-pyrrole nitrogens is 1. The molecular formula is C21H21N3O3S. The molecular weight excluding hydrogens is 374 g/mol. The van der Waals surface area contributed by atoms with Crippen LogP contribution in [0, 0.1) is 4.77 Å². The second-order valence-corrected chi connectivity index (χ2v) is 6.67. The summed E-state index contributed by atoms with van der Waals surface area (Å²) < 4.78 is 7.36. The van der Waals surface area contributed by atoms with E-state index in [-0.39, 0.29) is 11.5 Å². The van der Waals surface area contributed by atoms with E-state index in [2.05, 4.69) is 11.6 Å². The van der Waals surface area contributed by atoms with Crippen molar-refractivity contribution in [2.45, 2.75) is 6.54 Å². The Balaban J connectivity index is 1.76. The van der Waals surface area contributed by atoms with E-state index in [9.17, 15) is 9.59 Å². The lowest BCUT2D eigenvalue weighted by Crippen LogP contribution is -2.31. The molecule has 0 fully saturated rings. The third-order valence-corrected chi connectivity index (χ3v) is 4.65. The van der Waals surface area contributed by atoms with Crippen molar-refractivity contribution in [1.82, 2.24) is 14.5 Å². The molecule has 0 saturated heterocycles. The molecule has 0 bridgehead atoms. The summed E-state index contributed by atoms with van der Waals surface area (Å²) in [6, 6.07) is 14.4. The first kappa shape index (κ1) is 19.6. The lowest BCUT2D eigenvalue weighted by molar-refractivity contribution is 0.0774. The van der Waals surface area contributed by atoms with Crippen LogP contribution >= 0.6 is 12.2 Å². The molecule has 0 spiro atoms. The second kappa shape index (κ2) is 8.67. The van der Waals surface area contributed by atoms with Gasteiger partial charge in [0.2, 0.25) is 0 Å². The van der Waals surface area contributed by atoms with Gasteiger partial charge in [0.05, 0.1) is 17.4 Å². The molecule has 6 nitrogen and oxygen atoms in total. The van der Waals surface area contributed by atoms with Crippen molar-refractivity contribution >= 4 is 29.0 Å². The number of carbonyl (C=O) groups is 1. The summed E-state index contributed by atoms with van der Waals surface area (Å²) in [7, 11) is 1.71. The van der Waals surface area contributed by atoms with Gasteiger partial charge in [0.15, 0.2) is 4.77 Å². The Morgan fingerprint density at radius 2 is 2.04 bits per heavy atom. The Hall–Kier alpha value is -3.19. The predicted molar refractivity (Wildman–Crippen MR) is 112 cm³/mol. The van der Waals surface area contributed by atoms with Crippen molar-refractivity contribution in [1.29, 1.82) is 0 Å². The minimum Gasteiger partial charge on any atom is -0.492 e. The summed E-state index contributed by atoms with van der Waals surface area (Å²) in [6.07, 6.45) is 1.61. The first-order chi connectivity index (χ1) is 13.5. The summed E-state index contributed by atoms with van der Waals surface area (Å²) in [5.41, 5.74) is 0.804. The normalized spacial score (nSPS) is 10.6. The van der Waals surface area contributed by atoms with Gasteiger partial charge >= 0.3 is 0 Å². The highest BCUT2D eigenvalue weighted by Gasteiger charge is 2.14. The molecule has 2 aromatic carbocycles. The number of aromatic amines is 1. The van der Waals surface area contributed by atoms with Crippen molar-refractivity contribution in [3.63, 3.8) is 0 Å². The van der Waals surface area contributed by atoms with Crippen molar-refractivity contribution in [3.05, 3.63) is 81.9 Å². The number of nitrogens with one attached hydrogen (secondary N) is 1. The van der Waals surface area contributed by atoms with Crippen LogP contribution in [0.1, 0.15) is 10.4 Å². The highest BCUT2D eigenvalue weighted by atomic mass is 32.1. The fraction of sp³-hybridized carbons (Fsp3) is 0.190. The smallest absolute Gasteiger partial charge is 0.262 e. The fourth-order valence-corrected chi connectivity index (χ4v) is 3.09. The molecule has 1 amide bonds. The number of likely N-dealkylation sites (N-methyl/N-ethyl adjacent to an activating group) is 1. The summed E-state index contributed by atoms with van der Waals surface area (Å²) in [4.78, 5) is 29.8. The van der Waals surface area contributed by atoms with E-state index < -0.39 is 0 Å². The predicted octanol–water partition coefficient (Wildman–Crippen LogP) is 3.40. The molecule has 0 radical (unpaired) electrons. The molecule has 0 unspecified atom stereocenters. The summed E-state index contributed by atoms with van der Waals surface area (Å²) in [5.74, 6) is 0.602. The summed E-state index contributed by atoms with van der Waals surface area (Å²) in [5, 5.41) is 0.474. The fourth-order valence-electron chi connectivity index (χ4n) is 2.82. The molecule has 28 heavy (non-hydrogen) atoms. The number of benzene rings is 2. The van der Waals surface area contributed by atoms with Crippen molar-refractivity contribution in [2.24, 2.45) is 0 Å². The molecule has 7 heteroatoms. The van der Waals surface area contributed by atoms with Gasteiger partial charge in [-0.3, -0.25) is 14.2 Å². The molecule has 0 saturated carbocycles. The van der Waals surface area contributed by atoms with Gasteiger partial charge in [-0.2, -0.15) is 0 Å². The van der Waals surface area contributed by atoms with Gasteiger partial charge in [-0.05, 0) is 42.5 Å². The number of fused-ring (bicyclic) bond motifs is 1. The maximum Gasteiger partial charge on any atom is 0.262 e. The number of hydrogen-bond acceptors (Lipinski definition) is 4. The highest BCUT2D eigenvalue weighted by Crippen LogP contribution is 2.13. The van der Waals surface area contributed by atoms with Crippen molar-refractivity contribution in [2.75, 3.05) is 20.2 Å². The summed E-state index contributed by atoms with van der Waals surface area (Å²) in [6.45, 7) is 4.78. The molecule has 0 aliphatic heterocycles. The van der Waals surface area contributed by atoms with Gasteiger partial charge in [0.1, 0.15) is 12.4 Å². The Morgan fingerprint density at radius 3 is 2.75 bits per heavy atom. The maximum absolute atomic E-state index is 12.7. The zero-order valence-corrected chi connectivity index (χ0v) is 16.4. The van der Waals surface area contributed by atoms with Gasteiger partial charge < -0.3 is 14.6 Å². The third-order valence-electron chi connectivity index (χ3n) is 4.33. The van der Waals surface area contributed by atoms with Gasteiger partial charge in [0, 0.05) is 19.2 Å². The van der Waals surface area contributed by atoms with Gasteiger partial charge in [-0.15, -0.1) is 6.58 Å². The van der Waals surface area contributed by atoms with Crippen LogP contribution < -0.4 is 10.3 Å². The Kier molecular flexibility index (Phi) is 6.06. The van der Waals surface area contributed by atoms with Crippen molar-refractivity contribution in [3.8, 4) is 5.75 Å². The van der Waals surface area contributed by atoms with Crippen LogP contribution in [0.15, 0.2) is 66.0 Å². The minimum absolute atomic E-state index is 0.159. The molecule has 3 aromatic rings. The standard InChI is InChI=1S/C21H21N3O3S/c1-3-11-24-20(26)17-10-9-15(14-18(17)22-21(24)28)19(25)23(2)12-13-27-16-7-5-4-6-8-16/h3-10,14H,1,11-13H2,2H3,(H,22,28). The van der Waals surface area contributed by atoms with Gasteiger partial charge in [-0.25, -0.2) is 0 Å². The van der Waals surface area contributed by atoms with Crippen LogP contribution in [0.5, 0.6) is 5.75 Å². The van der Waals surface area contributed by atoms with E-state index in [4.69, 9.17) is 17.0 Å². The number of aromatic nitrogens is 2. The van der Waals surface area contributed by atoms with Crippen LogP contribution in [-0.2, 0) is 6.54 Å². The Labute approximate surface area is 167 Å². The van der Waals surface area contributed by atoms with Crippen LogP contribution in [-0.4, -0.2) is 40.6 Å². The van der Waals surface area contributed by atoms with Gasteiger partial charge in [0.25, 0.3) is 11.5 Å². The van der Waals surface area contributed by atoms with Crippen LogP contribution in [0.4, 0.5) is 0 Å². The number of ether oxygens (including phenoxy) is 1. The number of rotatable bonds is 7. The quantitative estimate of drug-likeness (QED) is 0.492. The number of para-hydroxylation sites is 1. The van der Waals surface area contributed by atoms with E-state index in [0.717, 1.165) is 5.75 Å². The van der Waals surface area contributed by atoms with Crippen LogP contribution in [0.3, 0.4) is 0 Å². The summed E-state index contributed by atoms with van der Waals surface area (Å²) >= 11 is 5.24. The van der Waals surface area contributed by atoms with E-state index >= 15 is 0 Å². The molecule has 3 rings (SSSR count). The average molecular weight is 395 g/mol. The Morgan fingerprint density at radius 1 is 1.29 bits per heavy atom. The maximum atomic E-state index is 12.7. The third kappa shape index (κ3) is 4.20. The number of hydrogen-bond donors (Lipinski definition) is 1. The number of nitrogens with zero attached hydrogens (tertiary/aromatic N) is 2. The monoisotopic (exact) mass is 395 g/mol. The second-order valence-electron chi connectivity index (χ2n) is 6.28. The van der Waals surface area contributed by atoms with E-state index in [1.165, 1.54) is 4.57 Å². The highest BCUT2D eigenvalue weighted by molar-refractivity contribution is 7.71. The lowest BCUT2D eigenvalue weighted by Gasteiger charge is -2.18. The first-order valence-electron chi connectivity index (χ1n) is 8.82. The number of amides is 1. The SMILES string of the molecule is C=CCn1c(=S)[nH]c2cc(C(=O)N(C)CCOc3ccccc3)ccc2c1=O. The first-order valence-corrected chi connectivity index (χ1v) is 9.23. The largest absolute Gasteiger partial charge is 0.492 e. The van der Waals surface area contributed by atoms with E-state index in [1.54, 1.807) is 36.2 Å². The number of allylic oxidation sites excluding steroid dienone is 1. The molecule has 1 aromatic heterocycles.